The van der Waals surface area contributed by atoms with E-state index < -0.39 is 0 Å². The zero-order valence-corrected chi connectivity index (χ0v) is 14.6. The van der Waals surface area contributed by atoms with E-state index in [9.17, 15) is 4.79 Å². The van der Waals surface area contributed by atoms with Gasteiger partial charge in [0, 0.05) is 0 Å². The largest absolute Gasteiger partial charge is 0.349 e. The monoisotopic (exact) mass is 309 g/mol. The SMILES string of the molecule is CCc1ccc(C(NC(=O)Cc2ccc(C)cc2)C(C)C)cc1. The smallest absolute Gasteiger partial charge is 0.224 e. The minimum Gasteiger partial charge on any atom is -0.349 e. The van der Waals surface area contributed by atoms with Gasteiger partial charge in [-0.2, -0.15) is 0 Å². The van der Waals surface area contributed by atoms with Crippen LogP contribution in [-0.2, 0) is 17.6 Å². The zero-order valence-electron chi connectivity index (χ0n) is 14.6. The van der Waals surface area contributed by atoms with E-state index in [2.05, 4.69) is 57.3 Å². The van der Waals surface area contributed by atoms with Gasteiger partial charge in [-0.05, 0) is 36.0 Å². The molecule has 0 heterocycles. The molecule has 0 aliphatic carbocycles. The molecule has 2 nitrogen and oxygen atoms in total. The zero-order chi connectivity index (χ0) is 16.8. The molecule has 0 spiro atoms. The molecule has 1 unspecified atom stereocenters. The summed E-state index contributed by atoms with van der Waals surface area (Å²) in [5, 5.41) is 3.19. The van der Waals surface area contributed by atoms with Crippen LogP contribution in [0.1, 0.15) is 49.1 Å². The molecular formula is C21H27NO. The van der Waals surface area contributed by atoms with Crippen LogP contribution in [0.2, 0.25) is 0 Å². The topological polar surface area (TPSA) is 29.1 Å². The maximum atomic E-state index is 12.4. The molecule has 0 saturated heterocycles. The lowest BCUT2D eigenvalue weighted by Crippen LogP contribution is -2.32. The van der Waals surface area contributed by atoms with Gasteiger partial charge in [-0.25, -0.2) is 0 Å². The van der Waals surface area contributed by atoms with Gasteiger partial charge in [0.25, 0.3) is 0 Å². The van der Waals surface area contributed by atoms with Crippen LogP contribution >= 0.6 is 0 Å². The molecule has 1 N–H and O–H groups in total. The number of aryl methyl sites for hydroxylation is 2. The highest BCUT2D eigenvalue weighted by molar-refractivity contribution is 5.79. The van der Waals surface area contributed by atoms with Crippen molar-refractivity contribution in [1.29, 1.82) is 0 Å². The average Bonchev–Trinajstić information content (AvgIpc) is 2.55. The fourth-order valence-corrected chi connectivity index (χ4v) is 2.71. The Bertz CT molecular complexity index is 626. The number of hydrogen-bond acceptors (Lipinski definition) is 1. The van der Waals surface area contributed by atoms with E-state index in [-0.39, 0.29) is 11.9 Å². The second kappa shape index (κ2) is 7.96. The van der Waals surface area contributed by atoms with E-state index >= 15 is 0 Å². The predicted molar refractivity (Wildman–Crippen MR) is 96.4 cm³/mol. The summed E-state index contributed by atoms with van der Waals surface area (Å²) in [6, 6.07) is 16.8. The number of nitrogens with one attached hydrogen (secondary N) is 1. The van der Waals surface area contributed by atoms with E-state index in [1.54, 1.807) is 0 Å². The lowest BCUT2D eigenvalue weighted by molar-refractivity contribution is -0.121. The number of amides is 1. The van der Waals surface area contributed by atoms with Crippen LogP contribution in [0.15, 0.2) is 48.5 Å². The molecule has 0 aliphatic heterocycles. The fourth-order valence-electron chi connectivity index (χ4n) is 2.71. The van der Waals surface area contributed by atoms with Crippen LogP contribution in [0, 0.1) is 12.8 Å². The van der Waals surface area contributed by atoms with Crippen LogP contribution < -0.4 is 5.32 Å². The molecule has 2 heteroatoms. The molecule has 122 valence electrons. The van der Waals surface area contributed by atoms with Crippen molar-refractivity contribution in [2.45, 2.75) is 46.6 Å². The summed E-state index contributed by atoms with van der Waals surface area (Å²) in [4.78, 5) is 12.4. The van der Waals surface area contributed by atoms with E-state index in [0.717, 1.165) is 12.0 Å². The minimum absolute atomic E-state index is 0.0545. The van der Waals surface area contributed by atoms with Gasteiger partial charge in [0.15, 0.2) is 0 Å². The van der Waals surface area contributed by atoms with E-state index in [4.69, 9.17) is 0 Å². The Labute approximate surface area is 139 Å². The Morgan fingerprint density at radius 2 is 1.52 bits per heavy atom. The highest BCUT2D eigenvalue weighted by Gasteiger charge is 2.18. The predicted octanol–water partition coefficient (Wildman–Crippen LogP) is 4.61. The number of rotatable bonds is 6. The minimum atomic E-state index is 0.0545. The molecule has 0 fully saturated rings. The van der Waals surface area contributed by atoms with Gasteiger partial charge in [-0.3, -0.25) is 4.79 Å². The number of hydrogen-bond donors (Lipinski definition) is 1. The Kier molecular flexibility index (Phi) is 5.97. The van der Waals surface area contributed by atoms with Gasteiger partial charge in [0.2, 0.25) is 5.91 Å². The van der Waals surface area contributed by atoms with Gasteiger partial charge >= 0.3 is 0 Å². The standard InChI is InChI=1S/C21H27NO/c1-5-17-10-12-19(13-11-17)21(15(2)3)22-20(23)14-18-8-6-16(4)7-9-18/h6-13,15,21H,5,14H2,1-4H3,(H,22,23). The molecule has 0 radical (unpaired) electrons. The first-order valence-corrected chi connectivity index (χ1v) is 8.43. The van der Waals surface area contributed by atoms with Crippen molar-refractivity contribution in [2.24, 2.45) is 5.92 Å². The van der Waals surface area contributed by atoms with Gasteiger partial charge in [-0.1, -0.05) is 74.9 Å². The van der Waals surface area contributed by atoms with Gasteiger partial charge in [0.1, 0.15) is 0 Å². The van der Waals surface area contributed by atoms with E-state index in [0.29, 0.717) is 12.3 Å². The molecule has 1 amide bonds. The van der Waals surface area contributed by atoms with Crippen molar-refractivity contribution in [3.05, 3.63) is 70.8 Å². The molecule has 23 heavy (non-hydrogen) atoms. The number of carbonyl (C=O) groups is 1. The Morgan fingerprint density at radius 1 is 0.957 bits per heavy atom. The molecule has 0 aliphatic rings. The van der Waals surface area contributed by atoms with Crippen molar-refractivity contribution in [3.8, 4) is 0 Å². The number of carbonyl (C=O) groups excluding carboxylic acids is 1. The molecule has 1 atom stereocenters. The van der Waals surface area contributed by atoms with Crippen molar-refractivity contribution < 1.29 is 4.79 Å². The third-order valence-electron chi connectivity index (χ3n) is 4.22. The first-order valence-electron chi connectivity index (χ1n) is 8.43. The maximum absolute atomic E-state index is 12.4. The Morgan fingerprint density at radius 3 is 2.04 bits per heavy atom. The second-order valence-electron chi connectivity index (χ2n) is 6.55. The third-order valence-corrected chi connectivity index (χ3v) is 4.22. The maximum Gasteiger partial charge on any atom is 0.224 e. The van der Waals surface area contributed by atoms with Gasteiger partial charge in [0.05, 0.1) is 12.5 Å². The third kappa shape index (κ3) is 4.95. The first kappa shape index (κ1) is 17.3. The highest BCUT2D eigenvalue weighted by Crippen LogP contribution is 2.22. The lowest BCUT2D eigenvalue weighted by atomic mass is 9.94. The second-order valence-corrected chi connectivity index (χ2v) is 6.55. The Balaban J connectivity index is 2.06. The molecule has 2 aromatic carbocycles. The highest BCUT2D eigenvalue weighted by atomic mass is 16.1. The summed E-state index contributed by atoms with van der Waals surface area (Å²) >= 11 is 0. The van der Waals surface area contributed by atoms with Crippen LogP contribution in [0.5, 0.6) is 0 Å². The fraction of sp³-hybridized carbons (Fsp3) is 0.381. The molecular weight excluding hydrogens is 282 g/mol. The van der Waals surface area contributed by atoms with Gasteiger partial charge < -0.3 is 5.32 Å². The summed E-state index contributed by atoms with van der Waals surface area (Å²) in [5.41, 5.74) is 4.76. The van der Waals surface area contributed by atoms with Crippen LogP contribution in [0.3, 0.4) is 0 Å². The van der Waals surface area contributed by atoms with Crippen LogP contribution in [0.4, 0.5) is 0 Å². The van der Waals surface area contributed by atoms with E-state index in [1.165, 1.54) is 16.7 Å². The van der Waals surface area contributed by atoms with Crippen LogP contribution in [-0.4, -0.2) is 5.91 Å². The average molecular weight is 309 g/mol. The van der Waals surface area contributed by atoms with Crippen molar-refractivity contribution in [2.75, 3.05) is 0 Å². The van der Waals surface area contributed by atoms with E-state index in [1.807, 2.05) is 24.3 Å². The van der Waals surface area contributed by atoms with Crippen molar-refractivity contribution in [3.63, 3.8) is 0 Å². The Hall–Kier alpha value is -2.09. The first-order chi connectivity index (χ1) is 11.0. The normalized spacial score (nSPS) is 12.2. The molecule has 0 bridgehead atoms. The van der Waals surface area contributed by atoms with Crippen molar-refractivity contribution >= 4 is 5.91 Å². The lowest BCUT2D eigenvalue weighted by Gasteiger charge is -2.23. The van der Waals surface area contributed by atoms with Crippen LogP contribution in [0.25, 0.3) is 0 Å². The quantitative estimate of drug-likeness (QED) is 0.829. The molecule has 2 aromatic rings. The molecule has 0 aromatic heterocycles. The van der Waals surface area contributed by atoms with Crippen molar-refractivity contribution in [1.82, 2.24) is 5.32 Å². The summed E-state index contributed by atoms with van der Waals surface area (Å²) in [6.45, 7) is 8.49. The van der Waals surface area contributed by atoms with Gasteiger partial charge in [-0.15, -0.1) is 0 Å². The molecule has 0 saturated carbocycles. The summed E-state index contributed by atoms with van der Waals surface area (Å²) in [7, 11) is 0. The summed E-state index contributed by atoms with van der Waals surface area (Å²) < 4.78 is 0. The number of benzene rings is 2. The summed E-state index contributed by atoms with van der Waals surface area (Å²) in [5.74, 6) is 0.427. The summed E-state index contributed by atoms with van der Waals surface area (Å²) in [6.07, 6.45) is 1.46. The molecule has 2 rings (SSSR count).